The molecule has 0 fully saturated rings. The Bertz CT molecular complexity index is 1030. The minimum Gasteiger partial charge on any atom is -0.611 e. The fourth-order valence-corrected chi connectivity index (χ4v) is 4.15. The van der Waals surface area contributed by atoms with Crippen molar-refractivity contribution in [3.63, 3.8) is 0 Å². The van der Waals surface area contributed by atoms with Gasteiger partial charge >= 0.3 is 0 Å². The molecule has 3 rings (SSSR count). The number of benzene rings is 2. The van der Waals surface area contributed by atoms with Gasteiger partial charge in [0.2, 0.25) is 5.91 Å². The van der Waals surface area contributed by atoms with Crippen molar-refractivity contribution in [3.05, 3.63) is 94.0 Å². The molecule has 0 aliphatic heterocycles. The topological polar surface area (TPSA) is 79.0 Å². The molecule has 1 amide bonds. The molecule has 0 spiro atoms. The van der Waals surface area contributed by atoms with Crippen LogP contribution in [0, 0.1) is 17.5 Å². The molecular weight excluding hydrogens is 413 g/mol. The standard InChI is InChI=1S/C19H12ClF3N2O2S/c20-11-1-4-13(5-2-11)28(27)18(14-8-12(21)3-6-15(14)22)17-16(23)7-10(9-25-17)19(24)26/h1-9,18H,(H2,24,26). The summed E-state index contributed by atoms with van der Waals surface area (Å²) in [5.74, 6) is -3.60. The lowest BCUT2D eigenvalue weighted by atomic mass is 10.1. The van der Waals surface area contributed by atoms with E-state index in [1.807, 2.05) is 0 Å². The smallest absolute Gasteiger partial charge is 0.250 e. The molecule has 1 aromatic heterocycles. The number of hydrogen-bond acceptors (Lipinski definition) is 3. The van der Waals surface area contributed by atoms with Crippen molar-refractivity contribution in [2.24, 2.45) is 5.73 Å². The monoisotopic (exact) mass is 424 g/mol. The Labute approximate surface area is 166 Å². The minimum absolute atomic E-state index is 0.207. The maximum Gasteiger partial charge on any atom is 0.250 e. The molecular formula is C19H12ClF3N2O2S. The van der Waals surface area contributed by atoms with Gasteiger partial charge in [-0.25, -0.2) is 13.2 Å². The molecule has 2 unspecified atom stereocenters. The molecule has 2 N–H and O–H groups in total. The Hall–Kier alpha value is -2.55. The van der Waals surface area contributed by atoms with E-state index < -0.39 is 45.5 Å². The number of primary amides is 1. The van der Waals surface area contributed by atoms with E-state index in [-0.39, 0.29) is 16.0 Å². The number of carbonyl (C=O) groups is 1. The van der Waals surface area contributed by atoms with Crippen LogP contribution in [-0.4, -0.2) is 15.4 Å². The van der Waals surface area contributed by atoms with E-state index in [2.05, 4.69) is 4.98 Å². The predicted molar refractivity (Wildman–Crippen MR) is 98.8 cm³/mol. The molecule has 0 radical (unpaired) electrons. The quantitative estimate of drug-likeness (QED) is 0.625. The Morgan fingerprint density at radius 1 is 1.07 bits per heavy atom. The lowest BCUT2D eigenvalue weighted by Crippen LogP contribution is -2.21. The van der Waals surface area contributed by atoms with Crippen LogP contribution in [0.15, 0.2) is 59.6 Å². The second-order valence-corrected chi connectivity index (χ2v) is 7.73. The summed E-state index contributed by atoms with van der Waals surface area (Å²) < 4.78 is 56.0. The van der Waals surface area contributed by atoms with Gasteiger partial charge in [0.1, 0.15) is 17.3 Å². The number of carbonyl (C=O) groups excluding carboxylic acids is 1. The number of nitrogens with zero attached hydrogens (tertiary/aromatic N) is 1. The fourth-order valence-electron chi connectivity index (χ4n) is 2.56. The van der Waals surface area contributed by atoms with Crippen LogP contribution in [0.3, 0.4) is 0 Å². The summed E-state index contributed by atoms with van der Waals surface area (Å²) in [5, 5.41) is -1.09. The third kappa shape index (κ3) is 4.14. The van der Waals surface area contributed by atoms with Crippen molar-refractivity contribution in [3.8, 4) is 0 Å². The number of rotatable bonds is 5. The molecule has 0 saturated heterocycles. The van der Waals surface area contributed by atoms with Crippen molar-refractivity contribution in [2.45, 2.75) is 10.1 Å². The maximum absolute atomic E-state index is 14.7. The third-order valence-corrected chi connectivity index (χ3v) is 5.80. The van der Waals surface area contributed by atoms with Crippen LogP contribution < -0.4 is 5.73 Å². The first-order valence-electron chi connectivity index (χ1n) is 7.84. The predicted octanol–water partition coefficient (Wildman–Crippen LogP) is 4.15. The lowest BCUT2D eigenvalue weighted by Gasteiger charge is -2.22. The molecule has 3 aromatic rings. The SMILES string of the molecule is NC(=O)c1cnc(C(c2cc(F)ccc2F)[S+]([O-])c2ccc(Cl)cc2)c(F)c1. The van der Waals surface area contributed by atoms with Crippen molar-refractivity contribution >= 4 is 28.7 Å². The molecule has 2 atom stereocenters. The van der Waals surface area contributed by atoms with Crippen LogP contribution in [0.2, 0.25) is 5.02 Å². The van der Waals surface area contributed by atoms with Gasteiger partial charge in [-0.1, -0.05) is 11.6 Å². The molecule has 0 aliphatic rings. The van der Waals surface area contributed by atoms with E-state index in [0.29, 0.717) is 5.02 Å². The molecule has 2 aromatic carbocycles. The molecule has 9 heteroatoms. The van der Waals surface area contributed by atoms with E-state index in [4.69, 9.17) is 17.3 Å². The first-order chi connectivity index (χ1) is 13.3. The Morgan fingerprint density at radius 2 is 1.75 bits per heavy atom. The van der Waals surface area contributed by atoms with Crippen LogP contribution >= 0.6 is 11.6 Å². The zero-order valence-corrected chi connectivity index (χ0v) is 15.6. The Balaban J connectivity index is 2.18. The highest BCUT2D eigenvalue weighted by atomic mass is 35.5. The van der Waals surface area contributed by atoms with E-state index in [1.165, 1.54) is 24.3 Å². The van der Waals surface area contributed by atoms with Crippen LogP contribution in [0.4, 0.5) is 13.2 Å². The van der Waals surface area contributed by atoms with Gasteiger partial charge in [0.25, 0.3) is 0 Å². The van der Waals surface area contributed by atoms with Crippen molar-refractivity contribution in [1.29, 1.82) is 0 Å². The molecule has 0 aliphatic carbocycles. The maximum atomic E-state index is 14.7. The van der Waals surface area contributed by atoms with Gasteiger partial charge in [0.05, 0.1) is 5.56 Å². The summed E-state index contributed by atoms with van der Waals surface area (Å²) in [4.78, 5) is 15.3. The van der Waals surface area contributed by atoms with Gasteiger partial charge < -0.3 is 10.3 Å². The Morgan fingerprint density at radius 3 is 2.36 bits per heavy atom. The summed E-state index contributed by atoms with van der Waals surface area (Å²) in [6, 6.07) is 9.18. The molecule has 144 valence electrons. The van der Waals surface area contributed by atoms with Crippen LogP contribution in [0.5, 0.6) is 0 Å². The zero-order chi connectivity index (χ0) is 20.4. The summed E-state index contributed by atoms with van der Waals surface area (Å²) >= 11 is 3.76. The second kappa shape index (κ2) is 8.22. The highest BCUT2D eigenvalue weighted by Gasteiger charge is 2.35. The average Bonchev–Trinajstić information content (AvgIpc) is 2.66. The van der Waals surface area contributed by atoms with Crippen LogP contribution in [-0.2, 0) is 11.2 Å². The van der Waals surface area contributed by atoms with Crippen LogP contribution in [0.1, 0.15) is 26.9 Å². The van der Waals surface area contributed by atoms with Gasteiger partial charge in [0, 0.05) is 16.8 Å². The van der Waals surface area contributed by atoms with Crippen molar-refractivity contribution < 1.29 is 22.5 Å². The third-order valence-electron chi connectivity index (χ3n) is 3.90. The summed E-state index contributed by atoms with van der Waals surface area (Å²) in [6.45, 7) is 0. The summed E-state index contributed by atoms with van der Waals surface area (Å²) in [6.07, 6.45) is 0.990. The normalized spacial score (nSPS) is 13.2. The van der Waals surface area contributed by atoms with E-state index in [0.717, 1.165) is 30.5 Å². The van der Waals surface area contributed by atoms with Gasteiger partial charge in [-0.05, 0) is 59.7 Å². The highest BCUT2D eigenvalue weighted by molar-refractivity contribution is 7.91. The number of hydrogen-bond donors (Lipinski definition) is 1. The number of pyridine rings is 1. The average molecular weight is 425 g/mol. The summed E-state index contributed by atoms with van der Waals surface area (Å²) in [7, 11) is 0. The molecule has 4 nitrogen and oxygen atoms in total. The fraction of sp³-hybridized carbons (Fsp3) is 0.0526. The Kier molecular flexibility index (Phi) is 5.93. The number of halogens is 4. The largest absolute Gasteiger partial charge is 0.611 e. The first kappa shape index (κ1) is 20.2. The van der Waals surface area contributed by atoms with Crippen molar-refractivity contribution in [1.82, 2.24) is 4.98 Å². The number of amides is 1. The number of aromatic nitrogens is 1. The summed E-state index contributed by atoms with van der Waals surface area (Å²) in [5.41, 5.74) is 4.13. The zero-order valence-electron chi connectivity index (χ0n) is 14.0. The van der Waals surface area contributed by atoms with Crippen LogP contribution in [0.25, 0.3) is 0 Å². The van der Waals surface area contributed by atoms with Gasteiger partial charge in [-0.3, -0.25) is 9.78 Å². The van der Waals surface area contributed by atoms with Crippen molar-refractivity contribution in [2.75, 3.05) is 0 Å². The second-order valence-electron chi connectivity index (χ2n) is 5.75. The molecule has 0 bridgehead atoms. The van der Waals surface area contributed by atoms with Gasteiger partial charge in [0.15, 0.2) is 16.0 Å². The molecule has 28 heavy (non-hydrogen) atoms. The van der Waals surface area contributed by atoms with E-state index in [1.54, 1.807) is 0 Å². The van der Waals surface area contributed by atoms with E-state index >= 15 is 0 Å². The molecule has 1 heterocycles. The molecule has 0 saturated carbocycles. The number of nitrogens with two attached hydrogens (primary N) is 1. The lowest BCUT2D eigenvalue weighted by molar-refractivity contribution is 0.0999. The van der Waals surface area contributed by atoms with E-state index in [9.17, 15) is 22.5 Å². The highest BCUT2D eigenvalue weighted by Crippen LogP contribution is 2.37. The minimum atomic E-state index is -2.06. The first-order valence-corrected chi connectivity index (χ1v) is 9.43. The van der Waals surface area contributed by atoms with Gasteiger partial charge in [-0.2, -0.15) is 0 Å². The van der Waals surface area contributed by atoms with Gasteiger partial charge in [-0.15, -0.1) is 0 Å².